The van der Waals surface area contributed by atoms with Crippen molar-refractivity contribution in [2.75, 3.05) is 26.9 Å². The van der Waals surface area contributed by atoms with E-state index in [1.807, 2.05) is 25.1 Å². The number of esters is 1. The number of ether oxygens (including phenoxy) is 3. The van der Waals surface area contributed by atoms with E-state index in [1.54, 1.807) is 14.0 Å². The maximum absolute atomic E-state index is 11.2. The molecule has 1 aromatic carbocycles. The summed E-state index contributed by atoms with van der Waals surface area (Å²) in [7, 11) is 1.62. The third kappa shape index (κ3) is 5.48. The van der Waals surface area contributed by atoms with Gasteiger partial charge in [-0.05, 0) is 31.5 Å². The van der Waals surface area contributed by atoms with Crippen LogP contribution in [0.25, 0.3) is 0 Å². The van der Waals surface area contributed by atoms with Crippen molar-refractivity contribution in [2.45, 2.75) is 26.8 Å². The summed E-state index contributed by atoms with van der Waals surface area (Å²) in [5.41, 5.74) is 1.08. The van der Waals surface area contributed by atoms with Crippen LogP contribution in [0.2, 0.25) is 0 Å². The minimum absolute atomic E-state index is 0.176. The van der Waals surface area contributed by atoms with Crippen LogP contribution in [0.5, 0.6) is 11.5 Å². The summed E-state index contributed by atoms with van der Waals surface area (Å²) in [6.07, 6.45) is 0.377. The first-order chi connectivity index (χ1) is 9.71. The number of carbonyl (C=O) groups excluding carboxylic acids is 1. The van der Waals surface area contributed by atoms with Crippen molar-refractivity contribution in [2.24, 2.45) is 0 Å². The first-order valence-electron chi connectivity index (χ1n) is 6.87. The highest BCUT2D eigenvalue weighted by atomic mass is 16.5. The lowest BCUT2D eigenvalue weighted by atomic mass is 10.2. The average molecular weight is 281 g/mol. The van der Waals surface area contributed by atoms with Gasteiger partial charge in [0.25, 0.3) is 0 Å². The van der Waals surface area contributed by atoms with Crippen LogP contribution in [0, 0.1) is 0 Å². The molecule has 20 heavy (non-hydrogen) atoms. The molecule has 112 valence electrons. The predicted molar refractivity (Wildman–Crippen MR) is 77.1 cm³/mol. The number of rotatable bonds is 9. The monoisotopic (exact) mass is 281 g/mol. The van der Waals surface area contributed by atoms with E-state index in [0.717, 1.165) is 17.1 Å². The van der Waals surface area contributed by atoms with E-state index in [1.165, 1.54) is 0 Å². The highest BCUT2D eigenvalue weighted by Gasteiger charge is 2.05. The lowest BCUT2D eigenvalue weighted by Crippen LogP contribution is -2.19. The number of carbonyl (C=O) groups is 1. The molecular formula is C15H23NO4. The summed E-state index contributed by atoms with van der Waals surface area (Å²) in [4.78, 5) is 11.2. The molecule has 0 aliphatic carbocycles. The van der Waals surface area contributed by atoms with Gasteiger partial charge in [0.1, 0.15) is 0 Å². The third-order valence-electron chi connectivity index (χ3n) is 2.67. The Morgan fingerprint density at radius 1 is 1.20 bits per heavy atom. The van der Waals surface area contributed by atoms with E-state index >= 15 is 0 Å². The molecule has 0 aliphatic rings. The van der Waals surface area contributed by atoms with E-state index < -0.39 is 0 Å². The molecule has 1 N–H and O–H groups in total. The number of hydrogen-bond donors (Lipinski definition) is 1. The van der Waals surface area contributed by atoms with Gasteiger partial charge in [0, 0.05) is 13.1 Å². The SMILES string of the molecule is CCOC(=O)CCNCc1ccc(OC)c(OCC)c1. The zero-order valence-electron chi connectivity index (χ0n) is 12.4. The molecule has 0 spiro atoms. The van der Waals surface area contributed by atoms with Crippen LogP contribution in [-0.2, 0) is 16.1 Å². The fraction of sp³-hybridized carbons (Fsp3) is 0.533. The highest BCUT2D eigenvalue weighted by molar-refractivity contribution is 5.69. The van der Waals surface area contributed by atoms with Crippen molar-refractivity contribution in [1.82, 2.24) is 5.32 Å². The van der Waals surface area contributed by atoms with E-state index in [9.17, 15) is 4.79 Å². The molecule has 0 unspecified atom stereocenters. The summed E-state index contributed by atoms with van der Waals surface area (Å²) in [5.74, 6) is 1.28. The fourth-order valence-electron chi connectivity index (χ4n) is 1.76. The summed E-state index contributed by atoms with van der Waals surface area (Å²) >= 11 is 0. The molecular weight excluding hydrogens is 258 g/mol. The van der Waals surface area contributed by atoms with Crippen molar-refractivity contribution in [3.8, 4) is 11.5 Å². The van der Waals surface area contributed by atoms with Crippen LogP contribution in [0.4, 0.5) is 0 Å². The van der Waals surface area contributed by atoms with Gasteiger partial charge in [0.2, 0.25) is 0 Å². The van der Waals surface area contributed by atoms with Crippen molar-refractivity contribution in [3.05, 3.63) is 23.8 Å². The second-order valence-corrected chi connectivity index (χ2v) is 4.15. The molecule has 5 heteroatoms. The van der Waals surface area contributed by atoms with Crippen molar-refractivity contribution in [3.63, 3.8) is 0 Å². The Morgan fingerprint density at radius 2 is 2.00 bits per heavy atom. The van der Waals surface area contributed by atoms with Gasteiger partial charge >= 0.3 is 5.97 Å². The summed E-state index contributed by atoms with van der Waals surface area (Å²) in [5, 5.41) is 3.20. The Balaban J connectivity index is 2.44. The topological polar surface area (TPSA) is 56.8 Å². The van der Waals surface area contributed by atoms with Gasteiger partial charge in [-0.2, -0.15) is 0 Å². The van der Waals surface area contributed by atoms with E-state index in [0.29, 0.717) is 32.7 Å². The minimum Gasteiger partial charge on any atom is -0.493 e. The summed E-state index contributed by atoms with van der Waals surface area (Å²) in [6, 6.07) is 5.80. The first kappa shape index (κ1) is 16.3. The molecule has 0 amide bonds. The molecule has 0 bridgehead atoms. The van der Waals surface area contributed by atoms with Crippen molar-refractivity contribution < 1.29 is 19.0 Å². The van der Waals surface area contributed by atoms with Crippen LogP contribution >= 0.6 is 0 Å². The third-order valence-corrected chi connectivity index (χ3v) is 2.67. The molecule has 0 radical (unpaired) electrons. The molecule has 0 aromatic heterocycles. The highest BCUT2D eigenvalue weighted by Crippen LogP contribution is 2.27. The normalized spacial score (nSPS) is 10.2. The molecule has 0 atom stereocenters. The smallest absolute Gasteiger partial charge is 0.307 e. The van der Waals surface area contributed by atoms with Gasteiger partial charge in [0.05, 0.1) is 26.7 Å². The Morgan fingerprint density at radius 3 is 2.65 bits per heavy atom. The molecule has 0 heterocycles. The lowest BCUT2D eigenvalue weighted by molar-refractivity contribution is -0.142. The maximum Gasteiger partial charge on any atom is 0.307 e. The Bertz CT molecular complexity index is 420. The molecule has 1 rings (SSSR count). The van der Waals surface area contributed by atoms with Gasteiger partial charge in [-0.3, -0.25) is 4.79 Å². The molecule has 1 aromatic rings. The Hall–Kier alpha value is -1.75. The average Bonchev–Trinajstić information content (AvgIpc) is 2.44. The second-order valence-electron chi connectivity index (χ2n) is 4.15. The zero-order valence-corrected chi connectivity index (χ0v) is 12.4. The molecule has 0 fully saturated rings. The van der Waals surface area contributed by atoms with Crippen LogP contribution < -0.4 is 14.8 Å². The van der Waals surface area contributed by atoms with Crippen LogP contribution in [0.3, 0.4) is 0 Å². The van der Waals surface area contributed by atoms with Crippen molar-refractivity contribution in [1.29, 1.82) is 0 Å². The Kier molecular flexibility index (Phi) is 7.50. The van der Waals surface area contributed by atoms with E-state index in [2.05, 4.69) is 5.32 Å². The van der Waals surface area contributed by atoms with Gasteiger partial charge in [-0.15, -0.1) is 0 Å². The van der Waals surface area contributed by atoms with E-state index in [4.69, 9.17) is 14.2 Å². The number of benzene rings is 1. The molecule has 5 nitrogen and oxygen atoms in total. The number of methoxy groups -OCH3 is 1. The van der Waals surface area contributed by atoms with Crippen LogP contribution in [0.1, 0.15) is 25.8 Å². The zero-order chi connectivity index (χ0) is 14.8. The first-order valence-corrected chi connectivity index (χ1v) is 6.87. The molecule has 0 aliphatic heterocycles. The molecule has 0 saturated heterocycles. The van der Waals surface area contributed by atoms with Gasteiger partial charge in [-0.1, -0.05) is 6.07 Å². The van der Waals surface area contributed by atoms with Gasteiger partial charge in [-0.25, -0.2) is 0 Å². The fourth-order valence-corrected chi connectivity index (χ4v) is 1.76. The predicted octanol–water partition coefficient (Wildman–Crippen LogP) is 2.14. The van der Waals surface area contributed by atoms with Crippen molar-refractivity contribution >= 4 is 5.97 Å². The number of hydrogen-bond acceptors (Lipinski definition) is 5. The summed E-state index contributed by atoms with van der Waals surface area (Å²) < 4.78 is 15.6. The minimum atomic E-state index is -0.176. The van der Waals surface area contributed by atoms with Crippen LogP contribution in [-0.4, -0.2) is 32.8 Å². The largest absolute Gasteiger partial charge is 0.493 e. The number of nitrogens with one attached hydrogen (secondary N) is 1. The van der Waals surface area contributed by atoms with Crippen LogP contribution in [0.15, 0.2) is 18.2 Å². The summed E-state index contributed by atoms with van der Waals surface area (Å²) in [6.45, 7) is 6.02. The van der Waals surface area contributed by atoms with Gasteiger partial charge < -0.3 is 19.5 Å². The standard InChI is InChI=1S/C15H23NO4/c1-4-19-14-10-12(6-7-13(14)18-3)11-16-9-8-15(17)20-5-2/h6-7,10,16H,4-5,8-9,11H2,1-3H3. The van der Waals surface area contributed by atoms with Gasteiger partial charge in [0.15, 0.2) is 11.5 Å². The second kappa shape index (κ2) is 9.20. The quantitative estimate of drug-likeness (QED) is 0.555. The molecule has 0 saturated carbocycles. The van der Waals surface area contributed by atoms with E-state index in [-0.39, 0.29) is 5.97 Å². The lowest BCUT2D eigenvalue weighted by Gasteiger charge is -2.11. The Labute approximate surface area is 120 Å². The maximum atomic E-state index is 11.2.